The Balaban J connectivity index is 1.97. The van der Waals surface area contributed by atoms with Gasteiger partial charge >= 0.3 is 0 Å². The molecule has 1 aromatic heterocycles. The van der Waals surface area contributed by atoms with Crippen molar-refractivity contribution in [2.24, 2.45) is 0 Å². The highest BCUT2D eigenvalue weighted by molar-refractivity contribution is 6.33. The number of nitrogens with zero attached hydrogens (tertiary/aromatic N) is 2. The van der Waals surface area contributed by atoms with Crippen LogP contribution >= 0.6 is 11.6 Å². The molecule has 0 amide bonds. The van der Waals surface area contributed by atoms with E-state index >= 15 is 0 Å². The van der Waals surface area contributed by atoms with Gasteiger partial charge in [-0.05, 0) is 52.3 Å². The van der Waals surface area contributed by atoms with E-state index in [2.05, 4.69) is 36.3 Å². The molecule has 0 bridgehead atoms. The van der Waals surface area contributed by atoms with Gasteiger partial charge in [0.25, 0.3) is 0 Å². The summed E-state index contributed by atoms with van der Waals surface area (Å²) >= 11 is 6.28. The quantitative estimate of drug-likeness (QED) is 0.848. The van der Waals surface area contributed by atoms with Crippen LogP contribution in [0.5, 0.6) is 0 Å². The van der Waals surface area contributed by atoms with Crippen LogP contribution in [0.1, 0.15) is 38.6 Å². The SMILES string of the molecule is Cc1cccc(-c2nnc(CCCNC(C)(C)C)o2)c1Cl. The van der Waals surface area contributed by atoms with Gasteiger partial charge in [0.1, 0.15) is 0 Å². The van der Waals surface area contributed by atoms with Crippen LogP contribution in [0, 0.1) is 6.92 Å². The maximum absolute atomic E-state index is 6.28. The molecular weight excluding hydrogens is 286 g/mol. The van der Waals surface area contributed by atoms with Crippen LogP contribution in [0.4, 0.5) is 0 Å². The minimum absolute atomic E-state index is 0.134. The zero-order chi connectivity index (χ0) is 15.5. The van der Waals surface area contributed by atoms with Crippen LogP contribution in [0.15, 0.2) is 22.6 Å². The molecule has 0 fully saturated rings. The van der Waals surface area contributed by atoms with Crippen molar-refractivity contribution in [1.82, 2.24) is 15.5 Å². The summed E-state index contributed by atoms with van der Waals surface area (Å²) in [5.41, 5.74) is 1.93. The molecule has 114 valence electrons. The summed E-state index contributed by atoms with van der Waals surface area (Å²) in [6, 6.07) is 5.79. The Kier molecular flexibility index (Phi) is 5.01. The van der Waals surface area contributed by atoms with Gasteiger partial charge in [-0.1, -0.05) is 23.7 Å². The molecule has 0 aliphatic rings. The van der Waals surface area contributed by atoms with Crippen LogP contribution < -0.4 is 5.32 Å². The Labute approximate surface area is 130 Å². The average molecular weight is 308 g/mol. The molecule has 1 aromatic carbocycles. The van der Waals surface area contributed by atoms with Crippen molar-refractivity contribution >= 4 is 11.6 Å². The van der Waals surface area contributed by atoms with Crippen molar-refractivity contribution in [1.29, 1.82) is 0 Å². The third kappa shape index (κ3) is 4.55. The number of benzene rings is 1. The highest BCUT2D eigenvalue weighted by atomic mass is 35.5. The summed E-state index contributed by atoms with van der Waals surface area (Å²) in [5.74, 6) is 1.14. The minimum atomic E-state index is 0.134. The molecule has 1 heterocycles. The van der Waals surface area contributed by atoms with Crippen molar-refractivity contribution in [3.05, 3.63) is 34.7 Å². The van der Waals surface area contributed by atoms with Crippen LogP contribution in [0.2, 0.25) is 5.02 Å². The summed E-state index contributed by atoms with van der Waals surface area (Å²) in [7, 11) is 0. The molecule has 0 saturated heterocycles. The first-order valence-electron chi connectivity index (χ1n) is 7.20. The number of hydrogen-bond acceptors (Lipinski definition) is 4. The van der Waals surface area contributed by atoms with Crippen molar-refractivity contribution in [2.45, 2.75) is 46.1 Å². The zero-order valence-corrected chi connectivity index (χ0v) is 13.8. The molecule has 0 spiro atoms. The second kappa shape index (κ2) is 6.58. The van der Waals surface area contributed by atoms with Crippen molar-refractivity contribution < 1.29 is 4.42 Å². The molecule has 2 aromatic rings. The molecule has 0 aliphatic carbocycles. The lowest BCUT2D eigenvalue weighted by atomic mass is 10.1. The highest BCUT2D eigenvalue weighted by Gasteiger charge is 2.13. The Bertz CT molecular complexity index is 602. The first-order valence-corrected chi connectivity index (χ1v) is 7.57. The van der Waals surface area contributed by atoms with Gasteiger partial charge in [-0.15, -0.1) is 10.2 Å². The topological polar surface area (TPSA) is 51.0 Å². The number of aryl methyl sites for hydroxylation is 2. The maximum atomic E-state index is 6.28. The molecular formula is C16H22ClN3O. The van der Waals surface area contributed by atoms with Crippen molar-refractivity contribution in [2.75, 3.05) is 6.54 Å². The predicted octanol–water partition coefficient (Wildman–Crippen LogP) is 4.02. The Morgan fingerprint density at radius 1 is 1.24 bits per heavy atom. The second-order valence-corrected chi connectivity index (χ2v) is 6.60. The van der Waals surface area contributed by atoms with Crippen LogP contribution in [-0.2, 0) is 6.42 Å². The van der Waals surface area contributed by atoms with E-state index in [1.54, 1.807) is 0 Å². The van der Waals surface area contributed by atoms with E-state index < -0.39 is 0 Å². The molecule has 2 rings (SSSR count). The monoisotopic (exact) mass is 307 g/mol. The fourth-order valence-corrected chi connectivity index (χ4v) is 2.19. The Morgan fingerprint density at radius 3 is 2.71 bits per heavy atom. The fourth-order valence-electron chi connectivity index (χ4n) is 1.98. The third-order valence-electron chi connectivity index (χ3n) is 3.11. The predicted molar refractivity (Wildman–Crippen MR) is 85.6 cm³/mol. The maximum Gasteiger partial charge on any atom is 0.249 e. The first kappa shape index (κ1) is 16.0. The molecule has 21 heavy (non-hydrogen) atoms. The van der Waals surface area contributed by atoms with E-state index in [9.17, 15) is 0 Å². The van der Waals surface area contributed by atoms with Crippen molar-refractivity contribution in [3.8, 4) is 11.5 Å². The standard InChI is InChI=1S/C16H22ClN3O/c1-11-7-5-8-12(14(11)17)15-20-19-13(21-15)9-6-10-18-16(2,3)4/h5,7-8,18H,6,9-10H2,1-4H3. The lowest BCUT2D eigenvalue weighted by Gasteiger charge is -2.19. The summed E-state index contributed by atoms with van der Waals surface area (Å²) in [4.78, 5) is 0. The van der Waals surface area contributed by atoms with E-state index in [4.69, 9.17) is 16.0 Å². The second-order valence-electron chi connectivity index (χ2n) is 6.22. The molecule has 4 nitrogen and oxygen atoms in total. The summed E-state index contributed by atoms with van der Waals surface area (Å²) in [5, 5.41) is 12.3. The molecule has 0 radical (unpaired) electrons. The summed E-state index contributed by atoms with van der Waals surface area (Å²) in [6.07, 6.45) is 1.72. The molecule has 0 atom stereocenters. The first-order chi connectivity index (χ1) is 9.87. The smallest absolute Gasteiger partial charge is 0.249 e. The fraction of sp³-hybridized carbons (Fsp3) is 0.500. The molecule has 1 N–H and O–H groups in total. The molecule has 5 heteroatoms. The number of rotatable bonds is 5. The van der Waals surface area contributed by atoms with E-state index in [1.807, 2.05) is 25.1 Å². The molecule has 0 aliphatic heterocycles. The number of halogens is 1. The van der Waals surface area contributed by atoms with Gasteiger partial charge in [0, 0.05) is 12.0 Å². The van der Waals surface area contributed by atoms with Gasteiger partial charge in [-0.2, -0.15) is 0 Å². The lowest BCUT2D eigenvalue weighted by Crippen LogP contribution is -2.36. The van der Waals surface area contributed by atoms with Gasteiger partial charge < -0.3 is 9.73 Å². The highest BCUT2D eigenvalue weighted by Crippen LogP contribution is 2.29. The normalized spacial score (nSPS) is 11.9. The van der Waals surface area contributed by atoms with E-state index in [0.717, 1.165) is 30.5 Å². The number of hydrogen-bond donors (Lipinski definition) is 1. The van der Waals surface area contributed by atoms with E-state index in [-0.39, 0.29) is 5.54 Å². The number of nitrogens with one attached hydrogen (secondary N) is 1. The Morgan fingerprint density at radius 2 is 2.00 bits per heavy atom. The summed E-state index contributed by atoms with van der Waals surface area (Å²) < 4.78 is 5.70. The van der Waals surface area contributed by atoms with E-state index in [0.29, 0.717) is 16.8 Å². The lowest BCUT2D eigenvalue weighted by molar-refractivity contribution is 0.412. The third-order valence-corrected chi connectivity index (χ3v) is 3.61. The van der Waals surface area contributed by atoms with E-state index in [1.165, 1.54) is 0 Å². The van der Waals surface area contributed by atoms with Crippen LogP contribution in [0.25, 0.3) is 11.5 Å². The van der Waals surface area contributed by atoms with Gasteiger partial charge in [0.05, 0.1) is 10.6 Å². The van der Waals surface area contributed by atoms with Gasteiger partial charge in [-0.25, -0.2) is 0 Å². The van der Waals surface area contributed by atoms with Gasteiger partial charge in [0.2, 0.25) is 11.8 Å². The number of aromatic nitrogens is 2. The summed E-state index contributed by atoms with van der Waals surface area (Å²) in [6.45, 7) is 9.33. The molecule has 0 saturated carbocycles. The van der Waals surface area contributed by atoms with Gasteiger partial charge in [0.15, 0.2) is 0 Å². The Hall–Kier alpha value is -1.39. The van der Waals surface area contributed by atoms with Crippen LogP contribution in [0.3, 0.4) is 0 Å². The minimum Gasteiger partial charge on any atom is -0.421 e. The molecule has 0 unspecified atom stereocenters. The zero-order valence-electron chi connectivity index (χ0n) is 13.0. The largest absolute Gasteiger partial charge is 0.421 e. The van der Waals surface area contributed by atoms with Crippen molar-refractivity contribution in [3.63, 3.8) is 0 Å². The van der Waals surface area contributed by atoms with Gasteiger partial charge in [-0.3, -0.25) is 0 Å². The average Bonchev–Trinajstić information content (AvgIpc) is 2.85. The van der Waals surface area contributed by atoms with Crippen LogP contribution in [-0.4, -0.2) is 22.3 Å².